The molecular formula is C50H31N3O. The monoisotopic (exact) mass is 689 g/mol. The quantitative estimate of drug-likeness (QED) is 0.181. The van der Waals surface area contributed by atoms with Crippen LogP contribution in [0.15, 0.2) is 192 Å². The highest BCUT2D eigenvalue weighted by Crippen LogP contribution is 2.41. The van der Waals surface area contributed by atoms with Crippen LogP contribution >= 0.6 is 0 Å². The van der Waals surface area contributed by atoms with Crippen molar-refractivity contribution in [1.29, 1.82) is 0 Å². The van der Waals surface area contributed by atoms with Crippen LogP contribution < -0.4 is 0 Å². The van der Waals surface area contributed by atoms with Crippen LogP contribution in [0.5, 0.6) is 0 Å². The lowest BCUT2D eigenvalue weighted by Crippen LogP contribution is -1.96. The standard InChI is InChI=1S/C50H31N3O/c1-4-13-32(14-5-1)35-23-26-43-40(30-35)41-31-36(24-27-44(41)53(43)38-19-8-3-9-20-38)34-17-12-18-37(29-34)50-51-42-25-28-46-47(39-21-10-11-22-45(39)54-46)48(42)49(52-50)33-15-6-2-7-16-33/h1-31H. The molecule has 0 bridgehead atoms. The number of nitrogens with zero attached hydrogens (tertiary/aromatic N) is 3. The van der Waals surface area contributed by atoms with Crippen molar-refractivity contribution in [1.82, 2.24) is 14.5 Å². The van der Waals surface area contributed by atoms with Gasteiger partial charge in [0.25, 0.3) is 0 Å². The van der Waals surface area contributed by atoms with Crippen molar-refractivity contribution < 1.29 is 4.42 Å². The smallest absolute Gasteiger partial charge is 0.160 e. The summed E-state index contributed by atoms with van der Waals surface area (Å²) in [4.78, 5) is 10.5. The van der Waals surface area contributed by atoms with Gasteiger partial charge in [0.05, 0.1) is 22.2 Å². The lowest BCUT2D eigenvalue weighted by molar-refractivity contribution is 0.669. The summed E-state index contributed by atoms with van der Waals surface area (Å²) in [6, 6.07) is 66.2. The van der Waals surface area contributed by atoms with Gasteiger partial charge in [0.2, 0.25) is 0 Å². The normalized spacial score (nSPS) is 11.7. The molecule has 3 aromatic heterocycles. The Kier molecular flexibility index (Phi) is 6.82. The molecule has 4 nitrogen and oxygen atoms in total. The molecule has 252 valence electrons. The average molecular weight is 690 g/mol. The second-order valence-electron chi connectivity index (χ2n) is 13.8. The summed E-state index contributed by atoms with van der Waals surface area (Å²) in [5.41, 5.74) is 13.6. The van der Waals surface area contributed by atoms with E-state index < -0.39 is 0 Å². The topological polar surface area (TPSA) is 43.9 Å². The number of hydrogen-bond acceptors (Lipinski definition) is 3. The lowest BCUT2D eigenvalue weighted by atomic mass is 9.98. The van der Waals surface area contributed by atoms with Gasteiger partial charge in [0.15, 0.2) is 5.82 Å². The molecule has 8 aromatic carbocycles. The maximum absolute atomic E-state index is 6.29. The molecule has 0 N–H and O–H groups in total. The first kappa shape index (κ1) is 30.3. The molecule has 4 heteroatoms. The van der Waals surface area contributed by atoms with Crippen LogP contribution in [0.2, 0.25) is 0 Å². The molecule has 0 aliphatic heterocycles. The Bertz CT molecular complexity index is 3200. The van der Waals surface area contributed by atoms with Crippen molar-refractivity contribution in [2.45, 2.75) is 0 Å². The van der Waals surface area contributed by atoms with Gasteiger partial charge in [0, 0.05) is 43.7 Å². The van der Waals surface area contributed by atoms with Crippen molar-refractivity contribution in [3.63, 3.8) is 0 Å². The van der Waals surface area contributed by atoms with E-state index in [9.17, 15) is 0 Å². The Morgan fingerprint density at radius 1 is 0.370 bits per heavy atom. The Hall–Kier alpha value is -7.30. The Morgan fingerprint density at radius 3 is 1.70 bits per heavy atom. The lowest BCUT2D eigenvalue weighted by Gasteiger charge is -2.12. The predicted molar refractivity (Wildman–Crippen MR) is 223 cm³/mol. The predicted octanol–water partition coefficient (Wildman–Crippen LogP) is 13.3. The minimum absolute atomic E-state index is 0.685. The molecule has 11 rings (SSSR count). The SMILES string of the molecule is c1ccc(-c2ccc3c(c2)c2cc(-c4cccc(-c5nc(-c6ccccc6)c6c(ccc7oc8ccccc8c76)n5)c4)ccc2n3-c2ccccc2)cc1. The summed E-state index contributed by atoms with van der Waals surface area (Å²) < 4.78 is 8.66. The van der Waals surface area contributed by atoms with Gasteiger partial charge in [-0.25, -0.2) is 9.97 Å². The molecule has 11 aromatic rings. The zero-order valence-corrected chi connectivity index (χ0v) is 29.1. The highest BCUT2D eigenvalue weighted by atomic mass is 16.3. The van der Waals surface area contributed by atoms with E-state index >= 15 is 0 Å². The van der Waals surface area contributed by atoms with Gasteiger partial charge in [-0.2, -0.15) is 0 Å². The fourth-order valence-electron chi connectivity index (χ4n) is 8.08. The van der Waals surface area contributed by atoms with Gasteiger partial charge in [-0.05, 0) is 82.9 Å². The van der Waals surface area contributed by atoms with Crippen LogP contribution in [0.3, 0.4) is 0 Å². The summed E-state index contributed by atoms with van der Waals surface area (Å²) in [6.07, 6.45) is 0. The van der Waals surface area contributed by atoms with Crippen molar-refractivity contribution in [3.05, 3.63) is 188 Å². The van der Waals surface area contributed by atoms with Crippen LogP contribution in [-0.4, -0.2) is 14.5 Å². The average Bonchev–Trinajstić information content (AvgIpc) is 3.79. The summed E-state index contributed by atoms with van der Waals surface area (Å²) in [6.45, 7) is 0. The Balaban J connectivity index is 1.09. The summed E-state index contributed by atoms with van der Waals surface area (Å²) in [5, 5.41) is 5.53. The first-order valence-electron chi connectivity index (χ1n) is 18.2. The van der Waals surface area contributed by atoms with Crippen LogP contribution in [0.1, 0.15) is 0 Å². The zero-order chi connectivity index (χ0) is 35.6. The van der Waals surface area contributed by atoms with Crippen LogP contribution in [-0.2, 0) is 0 Å². The number of rotatable bonds is 5. The third kappa shape index (κ3) is 4.85. The van der Waals surface area contributed by atoms with Crippen molar-refractivity contribution in [2.24, 2.45) is 0 Å². The summed E-state index contributed by atoms with van der Waals surface area (Å²) in [5.74, 6) is 0.685. The van der Waals surface area contributed by atoms with E-state index in [4.69, 9.17) is 14.4 Å². The molecule has 0 atom stereocenters. The van der Waals surface area contributed by atoms with E-state index in [2.05, 4.69) is 168 Å². The van der Waals surface area contributed by atoms with Crippen LogP contribution in [0, 0.1) is 0 Å². The van der Waals surface area contributed by atoms with Gasteiger partial charge in [-0.15, -0.1) is 0 Å². The Morgan fingerprint density at radius 2 is 0.963 bits per heavy atom. The molecule has 0 saturated carbocycles. The van der Waals surface area contributed by atoms with Gasteiger partial charge in [-0.3, -0.25) is 0 Å². The fraction of sp³-hybridized carbons (Fsp3) is 0. The number of furan rings is 1. The molecule has 0 fully saturated rings. The first-order chi connectivity index (χ1) is 26.8. The van der Waals surface area contributed by atoms with Gasteiger partial charge >= 0.3 is 0 Å². The number of para-hydroxylation sites is 2. The largest absolute Gasteiger partial charge is 0.456 e. The van der Waals surface area contributed by atoms with Crippen LogP contribution in [0.25, 0.3) is 105 Å². The van der Waals surface area contributed by atoms with E-state index in [1.54, 1.807) is 0 Å². The maximum atomic E-state index is 6.29. The maximum Gasteiger partial charge on any atom is 0.160 e. The first-order valence-corrected chi connectivity index (χ1v) is 18.2. The van der Waals surface area contributed by atoms with Gasteiger partial charge in [-0.1, -0.05) is 127 Å². The fourth-order valence-corrected chi connectivity index (χ4v) is 8.08. The second kappa shape index (κ2) is 12.1. The number of aromatic nitrogens is 3. The van der Waals surface area contributed by atoms with Crippen LogP contribution in [0.4, 0.5) is 0 Å². The number of hydrogen-bond donors (Lipinski definition) is 0. The molecule has 54 heavy (non-hydrogen) atoms. The number of benzene rings is 8. The van der Waals surface area contributed by atoms with E-state index in [1.807, 2.05) is 24.3 Å². The van der Waals surface area contributed by atoms with Crippen molar-refractivity contribution in [2.75, 3.05) is 0 Å². The molecule has 0 aliphatic rings. The zero-order valence-electron chi connectivity index (χ0n) is 29.1. The molecule has 0 radical (unpaired) electrons. The van der Waals surface area contributed by atoms with Gasteiger partial charge in [0.1, 0.15) is 11.2 Å². The third-order valence-electron chi connectivity index (χ3n) is 10.6. The highest BCUT2D eigenvalue weighted by Gasteiger charge is 2.19. The molecule has 0 unspecified atom stereocenters. The molecule has 0 saturated heterocycles. The number of fused-ring (bicyclic) bond motifs is 8. The van der Waals surface area contributed by atoms with E-state index in [0.29, 0.717) is 5.82 Å². The summed E-state index contributed by atoms with van der Waals surface area (Å²) >= 11 is 0. The molecule has 0 aliphatic carbocycles. The highest BCUT2D eigenvalue weighted by molar-refractivity contribution is 6.21. The molecule has 3 heterocycles. The Labute approximate surface area is 311 Å². The van der Waals surface area contributed by atoms with Crippen molar-refractivity contribution >= 4 is 54.6 Å². The van der Waals surface area contributed by atoms with Crippen molar-refractivity contribution in [3.8, 4) is 50.6 Å². The molecular weight excluding hydrogens is 659 g/mol. The minimum atomic E-state index is 0.685. The minimum Gasteiger partial charge on any atom is -0.456 e. The van der Waals surface area contributed by atoms with Gasteiger partial charge < -0.3 is 8.98 Å². The van der Waals surface area contributed by atoms with E-state index in [0.717, 1.165) is 66.5 Å². The summed E-state index contributed by atoms with van der Waals surface area (Å²) in [7, 11) is 0. The van der Waals surface area contributed by atoms with E-state index in [-0.39, 0.29) is 0 Å². The molecule has 0 amide bonds. The van der Waals surface area contributed by atoms with E-state index in [1.165, 1.54) is 32.9 Å². The molecule has 0 spiro atoms. The third-order valence-corrected chi connectivity index (χ3v) is 10.6. The second-order valence-corrected chi connectivity index (χ2v) is 13.8.